The van der Waals surface area contributed by atoms with Crippen LogP contribution >= 0.6 is 0 Å². The Bertz CT molecular complexity index is 1200. The van der Waals surface area contributed by atoms with E-state index in [1.165, 1.54) is 12.1 Å². The standard InChI is InChI=1S/C21H20N4O3S/c1-16(15-25-14-4-13-23-25)24-29(26,27)19-10-8-18(9-11-19)28-20-7-2-5-17-6-3-12-22-21(17)20/h2-14,16,24H,15H2,1H3/t16-/m1/s1. The minimum Gasteiger partial charge on any atom is -0.455 e. The molecular weight excluding hydrogens is 388 g/mol. The van der Waals surface area contributed by atoms with Gasteiger partial charge in [-0.3, -0.25) is 9.67 Å². The van der Waals surface area contributed by atoms with E-state index in [4.69, 9.17) is 4.74 Å². The van der Waals surface area contributed by atoms with E-state index in [1.807, 2.05) is 30.3 Å². The summed E-state index contributed by atoms with van der Waals surface area (Å²) in [5, 5.41) is 5.06. The van der Waals surface area contributed by atoms with E-state index in [1.54, 1.807) is 48.4 Å². The van der Waals surface area contributed by atoms with Gasteiger partial charge in [0, 0.05) is 30.0 Å². The Labute approximate surface area is 169 Å². The largest absolute Gasteiger partial charge is 0.455 e. The number of nitrogens with one attached hydrogen (secondary N) is 1. The minimum absolute atomic E-state index is 0.174. The lowest BCUT2D eigenvalue weighted by Gasteiger charge is -2.15. The van der Waals surface area contributed by atoms with Crippen LogP contribution in [0.4, 0.5) is 0 Å². The lowest BCUT2D eigenvalue weighted by Crippen LogP contribution is -2.35. The molecule has 2 aromatic carbocycles. The van der Waals surface area contributed by atoms with Crippen LogP contribution in [0.15, 0.2) is 84.1 Å². The molecule has 29 heavy (non-hydrogen) atoms. The second kappa shape index (κ2) is 8.02. The molecule has 0 aliphatic carbocycles. The quantitative estimate of drug-likeness (QED) is 0.505. The number of fused-ring (bicyclic) bond motifs is 1. The first-order valence-corrected chi connectivity index (χ1v) is 10.6. The molecule has 2 heterocycles. The first kappa shape index (κ1) is 19.1. The first-order valence-electron chi connectivity index (χ1n) is 9.13. The molecular formula is C21H20N4O3S. The fourth-order valence-corrected chi connectivity index (χ4v) is 4.27. The molecule has 0 aliphatic rings. The Morgan fingerprint density at radius 2 is 1.83 bits per heavy atom. The maximum Gasteiger partial charge on any atom is 0.240 e. The molecule has 2 aromatic heterocycles. The van der Waals surface area contributed by atoms with Crippen molar-refractivity contribution in [3.8, 4) is 11.5 Å². The number of benzene rings is 2. The number of pyridine rings is 1. The van der Waals surface area contributed by atoms with Gasteiger partial charge in [-0.15, -0.1) is 0 Å². The zero-order valence-electron chi connectivity index (χ0n) is 15.8. The van der Waals surface area contributed by atoms with Gasteiger partial charge in [0.2, 0.25) is 10.0 Å². The summed E-state index contributed by atoms with van der Waals surface area (Å²) >= 11 is 0. The summed E-state index contributed by atoms with van der Waals surface area (Å²) in [7, 11) is -3.65. The predicted octanol–water partition coefficient (Wildman–Crippen LogP) is 3.59. The van der Waals surface area contributed by atoms with Gasteiger partial charge in [0.25, 0.3) is 0 Å². The summed E-state index contributed by atoms with van der Waals surface area (Å²) in [6, 6.07) is 17.3. The average Bonchev–Trinajstić information content (AvgIpc) is 3.21. The third-order valence-corrected chi connectivity index (χ3v) is 5.94. The molecule has 148 valence electrons. The van der Waals surface area contributed by atoms with Crippen molar-refractivity contribution in [3.05, 3.63) is 79.3 Å². The average molecular weight is 408 g/mol. The number of sulfonamides is 1. The molecule has 0 saturated heterocycles. The van der Waals surface area contributed by atoms with Crippen LogP contribution in [0.2, 0.25) is 0 Å². The number of para-hydroxylation sites is 1. The Balaban J connectivity index is 1.48. The smallest absolute Gasteiger partial charge is 0.240 e. The van der Waals surface area contributed by atoms with Crippen LogP contribution in [0.5, 0.6) is 11.5 Å². The molecule has 0 spiro atoms. The van der Waals surface area contributed by atoms with Crippen molar-refractivity contribution in [2.75, 3.05) is 0 Å². The van der Waals surface area contributed by atoms with Gasteiger partial charge in [-0.05, 0) is 49.4 Å². The molecule has 1 atom stereocenters. The zero-order chi connectivity index (χ0) is 20.3. The number of hydrogen-bond donors (Lipinski definition) is 1. The summed E-state index contributed by atoms with van der Waals surface area (Å²) in [6.45, 7) is 2.24. The maximum absolute atomic E-state index is 12.6. The van der Waals surface area contributed by atoms with Crippen LogP contribution < -0.4 is 9.46 Å². The van der Waals surface area contributed by atoms with Gasteiger partial charge in [-0.25, -0.2) is 13.1 Å². The van der Waals surface area contributed by atoms with Crippen LogP contribution in [0.25, 0.3) is 10.9 Å². The highest BCUT2D eigenvalue weighted by molar-refractivity contribution is 7.89. The summed E-state index contributed by atoms with van der Waals surface area (Å²) in [4.78, 5) is 4.53. The van der Waals surface area contributed by atoms with Crippen molar-refractivity contribution in [1.82, 2.24) is 19.5 Å². The molecule has 4 rings (SSSR count). The molecule has 0 amide bonds. The molecule has 0 bridgehead atoms. The maximum atomic E-state index is 12.6. The summed E-state index contributed by atoms with van der Waals surface area (Å²) in [5.41, 5.74) is 0.751. The Kier molecular flexibility index (Phi) is 5.28. The lowest BCUT2D eigenvalue weighted by atomic mass is 10.2. The van der Waals surface area contributed by atoms with Crippen molar-refractivity contribution in [1.29, 1.82) is 0 Å². The number of aromatic nitrogens is 3. The van der Waals surface area contributed by atoms with Gasteiger partial charge >= 0.3 is 0 Å². The van der Waals surface area contributed by atoms with Crippen LogP contribution in [-0.2, 0) is 16.6 Å². The lowest BCUT2D eigenvalue weighted by molar-refractivity contribution is 0.486. The molecule has 4 aromatic rings. The van der Waals surface area contributed by atoms with E-state index < -0.39 is 10.0 Å². The molecule has 7 nitrogen and oxygen atoms in total. The van der Waals surface area contributed by atoms with Crippen LogP contribution in [-0.4, -0.2) is 29.2 Å². The van der Waals surface area contributed by atoms with Crippen LogP contribution in [0, 0.1) is 0 Å². The highest BCUT2D eigenvalue weighted by Crippen LogP contribution is 2.28. The summed E-state index contributed by atoms with van der Waals surface area (Å²) < 4.78 is 35.5. The van der Waals surface area contributed by atoms with Gasteiger partial charge in [0.1, 0.15) is 11.3 Å². The topological polar surface area (TPSA) is 86.1 Å². The van der Waals surface area contributed by atoms with Gasteiger partial charge in [0.05, 0.1) is 11.4 Å². The molecule has 8 heteroatoms. The van der Waals surface area contributed by atoms with Crippen molar-refractivity contribution in [3.63, 3.8) is 0 Å². The van der Waals surface area contributed by atoms with E-state index in [9.17, 15) is 8.42 Å². The number of rotatable bonds is 7. The molecule has 0 radical (unpaired) electrons. The molecule has 0 saturated carbocycles. The first-order chi connectivity index (χ1) is 14.0. The minimum atomic E-state index is -3.65. The van der Waals surface area contributed by atoms with Crippen LogP contribution in [0.3, 0.4) is 0 Å². The highest BCUT2D eigenvalue weighted by atomic mass is 32.2. The fraction of sp³-hybridized carbons (Fsp3) is 0.143. The van der Waals surface area contributed by atoms with E-state index >= 15 is 0 Å². The zero-order valence-corrected chi connectivity index (χ0v) is 16.6. The fourth-order valence-electron chi connectivity index (χ4n) is 3.03. The molecule has 0 unspecified atom stereocenters. The third-order valence-electron chi connectivity index (χ3n) is 4.33. The van der Waals surface area contributed by atoms with E-state index in [0.29, 0.717) is 18.0 Å². The van der Waals surface area contributed by atoms with Crippen molar-refractivity contribution in [2.45, 2.75) is 24.4 Å². The van der Waals surface area contributed by atoms with Crippen molar-refractivity contribution >= 4 is 20.9 Å². The van der Waals surface area contributed by atoms with E-state index in [-0.39, 0.29) is 10.9 Å². The molecule has 1 N–H and O–H groups in total. The third kappa shape index (κ3) is 4.44. The molecule has 0 fully saturated rings. The normalized spacial score (nSPS) is 12.7. The Morgan fingerprint density at radius 1 is 1.03 bits per heavy atom. The van der Waals surface area contributed by atoms with Gasteiger partial charge < -0.3 is 4.74 Å². The second-order valence-electron chi connectivity index (χ2n) is 6.66. The number of nitrogens with zero attached hydrogens (tertiary/aromatic N) is 3. The second-order valence-corrected chi connectivity index (χ2v) is 8.37. The summed E-state index contributed by atoms with van der Waals surface area (Å²) in [5.74, 6) is 1.15. The monoisotopic (exact) mass is 408 g/mol. The summed E-state index contributed by atoms with van der Waals surface area (Å²) in [6.07, 6.45) is 5.16. The predicted molar refractivity (Wildman–Crippen MR) is 110 cm³/mol. The van der Waals surface area contributed by atoms with Gasteiger partial charge in [-0.1, -0.05) is 18.2 Å². The van der Waals surface area contributed by atoms with Crippen molar-refractivity contribution in [2.24, 2.45) is 0 Å². The number of ether oxygens (including phenoxy) is 1. The molecule has 0 aliphatic heterocycles. The van der Waals surface area contributed by atoms with E-state index in [2.05, 4.69) is 14.8 Å². The highest BCUT2D eigenvalue weighted by Gasteiger charge is 2.18. The van der Waals surface area contributed by atoms with Gasteiger partial charge in [-0.2, -0.15) is 5.10 Å². The Morgan fingerprint density at radius 3 is 2.59 bits per heavy atom. The Hall–Kier alpha value is -3.23. The van der Waals surface area contributed by atoms with Crippen LogP contribution in [0.1, 0.15) is 6.92 Å². The number of hydrogen-bond acceptors (Lipinski definition) is 5. The van der Waals surface area contributed by atoms with Gasteiger partial charge in [0.15, 0.2) is 5.75 Å². The van der Waals surface area contributed by atoms with Crippen molar-refractivity contribution < 1.29 is 13.2 Å². The SMILES string of the molecule is C[C@H](Cn1cccn1)NS(=O)(=O)c1ccc(Oc2cccc3cccnc23)cc1. The van der Waals surface area contributed by atoms with E-state index in [0.717, 1.165) is 10.9 Å².